The van der Waals surface area contributed by atoms with Crippen LogP contribution in [0.5, 0.6) is 11.5 Å². The highest BCUT2D eigenvalue weighted by atomic mass is 79.9. The van der Waals surface area contributed by atoms with E-state index in [1.807, 2.05) is 36.4 Å². The van der Waals surface area contributed by atoms with Crippen LogP contribution in [0.4, 0.5) is 0 Å². The SMILES string of the molecule is CCCNC(C)c1ccc(Br)cc1Oc1cccc(Br)c1. The second-order valence-electron chi connectivity index (χ2n) is 4.92. The van der Waals surface area contributed by atoms with Crippen molar-refractivity contribution in [1.82, 2.24) is 5.32 Å². The van der Waals surface area contributed by atoms with Gasteiger partial charge in [0.05, 0.1) is 0 Å². The van der Waals surface area contributed by atoms with Crippen LogP contribution in [0.1, 0.15) is 31.9 Å². The Bertz CT molecular complexity index is 601. The molecule has 0 amide bonds. The lowest BCUT2D eigenvalue weighted by atomic mass is 10.1. The number of ether oxygens (including phenoxy) is 1. The van der Waals surface area contributed by atoms with Crippen LogP contribution in [-0.2, 0) is 0 Å². The summed E-state index contributed by atoms with van der Waals surface area (Å²) in [5.41, 5.74) is 1.16. The summed E-state index contributed by atoms with van der Waals surface area (Å²) in [6.45, 7) is 5.32. The van der Waals surface area contributed by atoms with Gasteiger partial charge in [-0.15, -0.1) is 0 Å². The summed E-state index contributed by atoms with van der Waals surface area (Å²) >= 11 is 6.99. The van der Waals surface area contributed by atoms with Gasteiger partial charge >= 0.3 is 0 Å². The molecule has 0 bridgehead atoms. The quantitative estimate of drug-likeness (QED) is 0.622. The number of hydrogen-bond acceptors (Lipinski definition) is 2. The Morgan fingerprint density at radius 2 is 1.86 bits per heavy atom. The number of hydrogen-bond donors (Lipinski definition) is 1. The zero-order valence-electron chi connectivity index (χ0n) is 12.2. The van der Waals surface area contributed by atoms with E-state index in [0.29, 0.717) is 0 Å². The molecular weight excluding hydrogens is 394 g/mol. The average Bonchev–Trinajstić information content (AvgIpc) is 2.45. The smallest absolute Gasteiger partial charge is 0.133 e. The van der Waals surface area contributed by atoms with Crippen molar-refractivity contribution in [2.24, 2.45) is 0 Å². The Hall–Kier alpha value is -0.840. The summed E-state index contributed by atoms with van der Waals surface area (Å²) in [5.74, 6) is 1.70. The summed E-state index contributed by atoms with van der Waals surface area (Å²) in [6.07, 6.45) is 1.11. The lowest BCUT2D eigenvalue weighted by Gasteiger charge is -2.18. The van der Waals surface area contributed by atoms with E-state index in [-0.39, 0.29) is 6.04 Å². The summed E-state index contributed by atoms with van der Waals surface area (Å²) in [5, 5.41) is 3.50. The summed E-state index contributed by atoms with van der Waals surface area (Å²) < 4.78 is 8.09. The van der Waals surface area contributed by atoms with E-state index >= 15 is 0 Å². The largest absolute Gasteiger partial charge is 0.457 e. The van der Waals surface area contributed by atoms with Crippen LogP contribution >= 0.6 is 31.9 Å². The zero-order valence-corrected chi connectivity index (χ0v) is 15.4. The molecule has 1 unspecified atom stereocenters. The Labute approximate surface area is 143 Å². The Morgan fingerprint density at radius 1 is 1.10 bits per heavy atom. The van der Waals surface area contributed by atoms with Gasteiger partial charge in [0.1, 0.15) is 11.5 Å². The number of benzene rings is 2. The summed E-state index contributed by atoms with van der Waals surface area (Å²) in [6, 6.07) is 14.3. The van der Waals surface area contributed by atoms with Gasteiger partial charge < -0.3 is 10.1 Å². The molecule has 0 aliphatic rings. The number of halogens is 2. The van der Waals surface area contributed by atoms with Crippen LogP contribution < -0.4 is 10.1 Å². The predicted octanol–water partition coefficient (Wildman–Crippen LogP) is 6.06. The van der Waals surface area contributed by atoms with Gasteiger partial charge in [0.25, 0.3) is 0 Å². The molecule has 2 aromatic rings. The summed E-state index contributed by atoms with van der Waals surface area (Å²) in [4.78, 5) is 0. The first-order valence-electron chi connectivity index (χ1n) is 7.06. The standard InChI is InChI=1S/C17H19Br2NO/c1-3-9-20-12(2)16-8-7-14(19)11-17(16)21-15-6-4-5-13(18)10-15/h4-8,10-12,20H,3,9H2,1-2H3. The zero-order chi connectivity index (χ0) is 15.2. The first-order chi connectivity index (χ1) is 10.1. The van der Waals surface area contributed by atoms with Crippen molar-refractivity contribution in [2.75, 3.05) is 6.54 Å². The fraction of sp³-hybridized carbons (Fsp3) is 0.294. The van der Waals surface area contributed by atoms with Gasteiger partial charge in [-0.2, -0.15) is 0 Å². The highest BCUT2D eigenvalue weighted by molar-refractivity contribution is 9.10. The molecule has 1 N–H and O–H groups in total. The molecule has 0 aromatic heterocycles. The van der Waals surface area contributed by atoms with Gasteiger partial charge in [-0.25, -0.2) is 0 Å². The molecule has 0 radical (unpaired) electrons. The van der Waals surface area contributed by atoms with E-state index in [4.69, 9.17) is 4.74 Å². The van der Waals surface area contributed by atoms with Crippen molar-refractivity contribution in [2.45, 2.75) is 26.3 Å². The van der Waals surface area contributed by atoms with Gasteiger partial charge in [0.15, 0.2) is 0 Å². The topological polar surface area (TPSA) is 21.3 Å². The van der Waals surface area contributed by atoms with Crippen LogP contribution in [0.3, 0.4) is 0 Å². The molecule has 2 nitrogen and oxygen atoms in total. The first-order valence-corrected chi connectivity index (χ1v) is 8.65. The van der Waals surface area contributed by atoms with Crippen LogP contribution in [-0.4, -0.2) is 6.54 Å². The van der Waals surface area contributed by atoms with Crippen LogP contribution in [0, 0.1) is 0 Å². The van der Waals surface area contributed by atoms with Crippen molar-refractivity contribution >= 4 is 31.9 Å². The normalized spacial score (nSPS) is 12.2. The fourth-order valence-electron chi connectivity index (χ4n) is 2.08. The van der Waals surface area contributed by atoms with Gasteiger partial charge in [0, 0.05) is 20.6 Å². The maximum absolute atomic E-state index is 6.07. The highest BCUT2D eigenvalue weighted by Crippen LogP contribution is 2.33. The van der Waals surface area contributed by atoms with Gasteiger partial charge in [-0.3, -0.25) is 0 Å². The molecule has 0 spiro atoms. The Balaban J connectivity index is 2.26. The first kappa shape index (κ1) is 16.5. The molecule has 0 aliphatic heterocycles. The van der Waals surface area contributed by atoms with E-state index in [0.717, 1.165) is 39.0 Å². The van der Waals surface area contributed by atoms with Gasteiger partial charge in [0.2, 0.25) is 0 Å². The minimum absolute atomic E-state index is 0.250. The fourth-order valence-corrected chi connectivity index (χ4v) is 2.80. The second-order valence-corrected chi connectivity index (χ2v) is 6.75. The van der Waals surface area contributed by atoms with Crippen LogP contribution in [0.25, 0.3) is 0 Å². The van der Waals surface area contributed by atoms with E-state index in [9.17, 15) is 0 Å². The molecule has 21 heavy (non-hydrogen) atoms. The molecule has 2 rings (SSSR count). The van der Waals surface area contributed by atoms with Crippen molar-refractivity contribution in [1.29, 1.82) is 0 Å². The summed E-state index contributed by atoms with van der Waals surface area (Å²) in [7, 11) is 0. The third kappa shape index (κ3) is 4.83. The van der Waals surface area contributed by atoms with Crippen molar-refractivity contribution in [3.8, 4) is 11.5 Å². The molecule has 2 aromatic carbocycles. The van der Waals surface area contributed by atoms with Crippen LogP contribution in [0.15, 0.2) is 51.4 Å². The maximum atomic E-state index is 6.07. The molecule has 0 aliphatic carbocycles. The molecule has 4 heteroatoms. The van der Waals surface area contributed by atoms with Crippen molar-refractivity contribution in [3.05, 3.63) is 57.0 Å². The predicted molar refractivity (Wildman–Crippen MR) is 95.1 cm³/mol. The van der Waals surface area contributed by atoms with Gasteiger partial charge in [-0.1, -0.05) is 50.9 Å². The number of rotatable bonds is 6. The monoisotopic (exact) mass is 411 g/mol. The molecular formula is C17H19Br2NO. The number of nitrogens with one attached hydrogen (secondary N) is 1. The maximum Gasteiger partial charge on any atom is 0.133 e. The van der Waals surface area contributed by atoms with Crippen LogP contribution in [0.2, 0.25) is 0 Å². The van der Waals surface area contributed by atoms with Gasteiger partial charge in [-0.05, 0) is 50.2 Å². The third-order valence-corrected chi connectivity index (χ3v) is 4.15. The van der Waals surface area contributed by atoms with E-state index < -0.39 is 0 Å². The lowest BCUT2D eigenvalue weighted by molar-refractivity contribution is 0.460. The average molecular weight is 413 g/mol. The molecule has 112 valence electrons. The molecule has 0 saturated heterocycles. The Kier molecular flexibility index (Phi) is 6.27. The third-order valence-electron chi connectivity index (χ3n) is 3.17. The van der Waals surface area contributed by atoms with E-state index in [1.54, 1.807) is 0 Å². The second kappa shape index (κ2) is 7.97. The molecule has 0 fully saturated rings. The minimum Gasteiger partial charge on any atom is -0.457 e. The molecule has 0 heterocycles. The minimum atomic E-state index is 0.250. The lowest BCUT2D eigenvalue weighted by Crippen LogP contribution is -2.19. The van der Waals surface area contributed by atoms with Crippen molar-refractivity contribution in [3.63, 3.8) is 0 Å². The van der Waals surface area contributed by atoms with Crippen molar-refractivity contribution < 1.29 is 4.74 Å². The molecule has 1 atom stereocenters. The molecule has 0 saturated carbocycles. The Morgan fingerprint density at radius 3 is 2.57 bits per heavy atom. The van der Waals surface area contributed by atoms with E-state index in [1.165, 1.54) is 0 Å². The van der Waals surface area contributed by atoms with E-state index in [2.05, 4.69) is 57.1 Å². The highest BCUT2D eigenvalue weighted by Gasteiger charge is 2.12.